The number of halogens is 3. The van der Waals surface area contributed by atoms with Gasteiger partial charge in [-0.1, -0.05) is 0 Å². The van der Waals surface area contributed by atoms with Crippen LogP contribution < -0.4 is 5.32 Å². The minimum absolute atomic E-state index is 0.107. The number of likely N-dealkylation sites (tertiary alicyclic amines) is 1. The molecule has 2 heterocycles. The first-order chi connectivity index (χ1) is 7.98. The Bertz CT molecular complexity index is 287. The summed E-state index contributed by atoms with van der Waals surface area (Å²) in [4.78, 5) is 13.4. The number of carbonyl (C=O) groups excluding carboxylic acids is 1. The Balaban J connectivity index is 1.94. The van der Waals surface area contributed by atoms with E-state index in [-0.39, 0.29) is 24.8 Å². The largest absolute Gasteiger partial charge is 0.393 e. The minimum atomic E-state index is -4.17. The van der Waals surface area contributed by atoms with Crippen LogP contribution in [0.2, 0.25) is 0 Å². The molecule has 0 aromatic heterocycles. The zero-order valence-electron chi connectivity index (χ0n) is 9.59. The quantitative estimate of drug-likeness (QED) is 0.763. The molecule has 98 valence electrons. The summed E-state index contributed by atoms with van der Waals surface area (Å²) in [7, 11) is 0. The number of nitrogens with zero attached hydrogens (tertiary/aromatic N) is 1. The smallest absolute Gasteiger partial charge is 0.342 e. The highest BCUT2D eigenvalue weighted by Gasteiger charge is 2.43. The van der Waals surface area contributed by atoms with Gasteiger partial charge < -0.3 is 10.2 Å². The standard InChI is InChI=1S/C11H17F3N2O/c12-11(13,14)9-2-1-5-16(7-9)10(17)8-3-4-15-6-8/h8-9,15H,1-7H2/t8-,9+/m1/s1. The van der Waals surface area contributed by atoms with Crippen LogP contribution in [-0.4, -0.2) is 43.2 Å². The molecule has 0 aromatic rings. The summed E-state index contributed by atoms with van der Waals surface area (Å²) < 4.78 is 37.8. The summed E-state index contributed by atoms with van der Waals surface area (Å²) in [5.74, 6) is -1.57. The van der Waals surface area contributed by atoms with Gasteiger partial charge in [-0.05, 0) is 25.8 Å². The van der Waals surface area contributed by atoms with E-state index in [0.717, 1.165) is 13.0 Å². The molecule has 6 heteroatoms. The van der Waals surface area contributed by atoms with Crippen molar-refractivity contribution in [3.8, 4) is 0 Å². The number of rotatable bonds is 1. The SMILES string of the molecule is O=C([C@@H]1CCNC1)N1CCC[C@H](C(F)(F)F)C1. The lowest BCUT2D eigenvalue weighted by Crippen LogP contribution is -2.47. The third-order valence-electron chi connectivity index (χ3n) is 3.61. The monoisotopic (exact) mass is 250 g/mol. The van der Waals surface area contributed by atoms with E-state index in [4.69, 9.17) is 0 Å². The number of alkyl halides is 3. The normalized spacial score (nSPS) is 30.6. The fraction of sp³-hybridized carbons (Fsp3) is 0.909. The summed E-state index contributed by atoms with van der Waals surface area (Å²) in [6.07, 6.45) is -2.83. The Morgan fingerprint density at radius 3 is 2.65 bits per heavy atom. The van der Waals surface area contributed by atoms with Crippen LogP contribution in [0.4, 0.5) is 13.2 Å². The number of piperidine rings is 1. The maximum Gasteiger partial charge on any atom is 0.393 e. The third-order valence-corrected chi connectivity index (χ3v) is 3.61. The van der Waals surface area contributed by atoms with Crippen LogP contribution in [0.15, 0.2) is 0 Å². The van der Waals surface area contributed by atoms with E-state index in [2.05, 4.69) is 5.32 Å². The van der Waals surface area contributed by atoms with E-state index in [0.29, 0.717) is 19.5 Å². The van der Waals surface area contributed by atoms with Gasteiger partial charge in [-0.2, -0.15) is 13.2 Å². The molecule has 2 aliphatic heterocycles. The lowest BCUT2D eigenvalue weighted by Gasteiger charge is -2.35. The third kappa shape index (κ3) is 2.91. The highest BCUT2D eigenvalue weighted by Crippen LogP contribution is 2.33. The average molecular weight is 250 g/mol. The molecule has 3 nitrogen and oxygen atoms in total. The van der Waals surface area contributed by atoms with E-state index in [1.165, 1.54) is 4.90 Å². The van der Waals surface area contributed by atoms with E-state index >= 15 is 0 Å². The number of nitrogens with one attached hydrogen (secondary N) is 1. The van der Waals surface area contributed by atoms with Gasteiger partial charge in [0.25, 0.3) is 0 Å². The van der Waals surface area contributed by atoms with Gasteiger partial charge in [0.15, 0.2) is 0 Å². The van der Waals surface area contributed by atoms with Gasteiger partial charge in [0, 0.05) is 19.6 Å². The molecule has 2 rings (SSSR count). The Hall–Kier alpha value is -0.780. The van der Waals surface area contributed by atoms with Gasteiger partial charge in [-0.15, -0.1) is 0 Å². The Morgan fingerprint density at radius 2 is 2.06 bits per heavy atom. The first-order valence-corrected chi connectivity index (χ1v) is 6.04. The second kappa shape index (κ2) is 4.84. The Morgan fingerprint density at radius 1 is 1.29 bits per heavy atom. The second-order valence-corrected chi connectivity index (χ2v) is 4.85. The summed E-state index contributed by atoms with van der Waals surface area (Å²) in [5.41, 5.74) is 0. The number of carbonyl (C=O) groups is 1. The van der Waals surface area contributed by atoms with Crippen molar-refractivity contribution in [1.29, 1.82) is 0 Å². The van der Waals surface area contributed by atoms with Crippen molar-refractivity contribution >= 4 is 5.91 Å². The van der Waals surface area contributed by atoms with Crippen molar-refractivity contribution in [3.05, 3.63) is 0 Å². The van der Waals surface area contributed by atoms with Gasteiger partial charge in [-0.3, -0.25) is 4.79 Å². The fourth-order valence-corrected chi connectivity index (χ4v) is 2.57. The molecule has 2 fully saturated rings. The van der Waals surface area contributed by atoms with Crippen LogP contribution in [0, 0.1) is 11.8 Å². The van der Waals surface area contributed by atoms with Gasteiger partial charge >= 0.3 is 6.18 Å². The zero-order chi connectivity index (χ0) is 12.5. The summed E-state index contributed by atoms with van der Waals surface area (Å²) >= 11 is 0. The summed E-state index contributed by atoms with van der Waals surface area (Å²) in [6.45, 7) is 1.71. The molecule has 0 saturated carbocycles. The maximum atomic E-state index is 12.6. The van der Waals surface area contributed by atoms with Crippen LogP contribution in [0.25, 0.3) is 0 Å². The first kappa shape index (κ1) is 12.7. The molecular formula is C11H17F3N2O. The fourth-order valence-electron chi connectivity index (χ4n) is 2.57. The topological polar surface area (TPSA) is 32.3 Å². The highest BCUT2D eigenvalue weighted by molar-refractivity contribution is 5.79. The van der Waals surface area contributed by atoms with Crippen LogP contribution in [-0.2, 0) is 4.79 Å². The molecule has 2 atom stereocenters. The van der Waals surface area contributed by atoms with E-state index in [9.17, 15) is 18.0 Å². The predicted octanol–water partition coefficient (Wildman–Crippen LogP) is 1.40. The molecule has 0 aliphatic carbocycles. The van der Waals surface area contributed by atoms with Crippen LogP contribution in [0.5, 0.6) is 0 Å². The van der Waals surface area contributed by atoms with E-state index in [1.807, 2.05) is 0 Å². The van der Waals surface area contributed by atoms with Crippen LogP contribution in [0.3, 0.4) is 0 Å². The lowest BCUT2D eigenvalue weighted by atomic mass is 9.96. The molecular weight excluding hydrogens is 233 g/mol. The zero-order valence-corrected chi connectivity index (χ0v) is 9.59. The molecule has 2 saturated heterocycles. The van der Waals surface area contributed by atoms with Crippen molar-refractivity contribution in [3.63, 3.8) is 0 Å². The summed E-state index contributed by atoms with van der Waals surface area (Å²) in [6, 6.07) is 0. The highest BCUT2D eigenvalue weighted by atomic mass is 19.4. The van der Waals surface area contributed by atoms with Gasteiger partial charge in [0.1, 0.15) is 0 Å². The molecule has 2 aliphatic rings. The van der Waals surface area contributed by atoms with Crippen molar-refractivity contribution in [2.45, 2.75) is 25.4 Å². The van der Waals surface area contributed by atoms with Gasteiger partial charge in [0.2, 0.25) is 5.91 Å². The first-order valence-electron chi connectivity index (χ1n) is 6.04. The number of amides is 1. The molecule has 17 heavy (non-hydrogen) atoms. The maximum absolute atomic E-state index is 12.6. The molecule has 0 bridgehead atoms. The lowest BCUT2D eigenvalue weighted by molar-refractivity contribution is -0.188. The Kier molecular flexibility index (Phi) is 3.61. The molecule has 1 N–H and O–H groups in total. The Labute approximate surface area is 98.3 Å². The molecule has 0 aromatic carbocycles. The molecule has 0 radical (unpaired) electrons. The van der Waals surface area contributed by atoms with Crippen molar-refractivity contribution < 1.29 is 18.0 Å². The van der Waals surface area contributed by atoms with E-state index in [1.54, 1.807) is 0 Å². The van der Waals surface area contributed by atoms with Gasteiger partial charge in [0.05, 0.1) is 11.8 Å². The van der Waals surface area contributed by atoms with E-state index < -0.39 is 12.1 Å². The minimum Gasteiger partial charge on any atom is -0.342 e. The second-order valence-electron chi connectivity index (χ2n) is 4.85. The predicted molar refractivity (Wildman–Crippen MR) is 56.3 cm³/mol. The molecule has 0 unspecified atom stereocenters. The van der Waals surface area contributed by atoms with Crippen molar-refractivity contribution in [2.75, 3.05) is 26.2 Å². The van der Waals surface area contributed by atoms with Gasteiger partial charge in [-0.25, -0.2) is 0 Å². The van der Waals surface area contributed by atoms with Crippen LogP contribution in [0.1, 0.15) is 19.3 Å². The molecule has 1 amide bonds. The van der Waals surface area contributed by atoms with Crippen molar-refractivity contribution in [1.82, 2.24) is 10.2 Å². The van der Waals surface area contributed by atoms with Crippen LogP contribution >= 0.6 is 0 Å². The summed E-state index contributed by atoms with van der Waals surface area (Å²) in [5, 5.41) is 3.06. The number of hydrogen-bond donors (Lipinski definition) is 1. The average Bonchev–Trinajstić information content (AvgIpc) is 2.80. The molecule has 0 spiro atoms. The number of hydrogen-bond acceptors (Lipinski definition) is 2. The van der Waals surface area contributed by atoms with Crippen molar-refractivity contribution in [2.24, 2.45) is 11.8 Å².